The molecule has 4 amide bonds. The lowest BCUT2D eigenvalue weighted by Gasteiger charge is -2.38. The minimum Gasteiger partial charge on any atom is -0.359 e. The van der Waals surface area contributed by atoms with Gasteiger partial charge >= 0.3 is 0 Å². The highest BCUT2D eigenvalue weighted by Gasteiger charge is 2.45. The Labute approximate surface area is 212 Å². The predicted molar refractivity (Wildman–Crippen MR) is 141 cm³/mol. The van der Waals surface area contributed by atoms with Crippen LogP contribution in [0.2, 0.25) is 0 Å². The summed E-state index contributed by atoms with van der Waals surface area (Å²) in [7, 11) is 5.56. The molecular weight excluding hydrogens is 446 g/mol. The Morgan fingerprint density at radius 3 is 1.91 bits per heavy atom. The Balaban J connectivity index is 5.55. The molecule has 3 atom stereocenters. The van der Waals surface area contributed by atoms with Gasteiger partial charge in [-0.2, -0.15) is 0 Å². The van der Waals surface area contributed by atoms with E-state index in [1.165, 1.54) is 0 Å². The average molecular weight is 498 g/mol. The molecule has 0 fully saturated rings. The Kier molecular flexibility index (Phi) is 14.8. The van der Waals surface area contributed by atoms with Gasteiger partial charge in [0.15, 0.2) is 0 Å². The van der Waals surface area contributed by atoms with E-state index in [0.717, 1.165) is 13.0 Å². The molecule has 0 spiro atoms. The average Bonchev–Trinajstić information content (AvgIpc) is 2.77. The third kappa shape index (κ3) is 12.4. The molecule has 0 saturated carbocycles. The molecule has 0 aliphatic carbocycles. The minimum absolute atomic E-state index is 0.0116. The van der Waals surface area contributed by atoms with Gasteiger partial charge in [0.1, 0.15) is 0 Å². The largest absolute Gasteiger partial charge is 0.359 e. The van der Waals surface area contributed by atoms with Crippen molar-refractivity contribution in [2.45, 2.75) is 86.1 Å². The highest BCUT2D eigenvalue weighted by molar-refractivity contribution is 5.87. The van der Waals surface area contributed by atoms with Crippen molar-refractivity contribution in [2.24, 2.45) is 16.7 Å². The van der Waals surface area contributed by atoms with Crippen LogP contribution in [0.15, 0.2) is 0 Å². The molecule has 3 unspecified atom stereocenters. The predicted octanol–water partition coefficient (Wildman–Crippen LogP) is 2.06. The van der Waals surface area contributed by atoms with Gasteiger partial charge in [-0.3, -0.25) is 19.2 Å². The smallest absolute Gasteiger partial charge is 0.225 e. The summed E-state index contributed by atoms with van der Waals surface area (Å²) in [5.41, 5.74) is -1.70. The van der Waals surface area contributed by atoms with Gasteiger partial charge in [0, 0.05) is 49.3 Å². The molecule has 0 rings (SSSR count). The van der Waals surface area contributed by atoms with E-state index in [0.29, 0.717) is 45.2 Å². The summed E-state index contributed by atoms with van der Waals surface area (Å²) >= 11 is 0. The first-order chi connectivity index (χ1) is 16.2. The van der Waals surface area contributed by atoms with Crippen LogP contribution in [-0.4, -0.2) is 75.3 Å². The molecule has 4 N–H and O–H groups in total. The molecule has 35 heavy (non-hydrogen) atoms. The molecule has 0 aromatic rings. The zero-order valence-electron chi connectivity index (χ0n) is 23.6. The Morgan fingerprint density at radius 1 is 0.886 bits per heavy atom. The van der Waals surface area contributed by atoms with E-state index >= 15 is 0 Å². The first kappa shape index (κ1) is 32.8. The number of carbonyl (C=O) groups is 4. The van der Waals surface area contributed by atoms with Crippen LogP contribution in [0.4, 0.5) is 0 Å². The van der Waals surface area contributed by atoms with Crippen LogP contribution >= 0.6 is 0 Å². The zero-order chi connectivity index (χ0) is 27.2. The standard InChI is InChI=1S/C26H51N5O4/c1-10-25(5,23(34)28-14-11-13-21(32)27-7)18-26(6,17-20(4)22(33)30-19(2)3)24(35)29-15-12-16-31(8)9/h19-20H,10-18H2,1-9H3,(H,27,32)(H,28,34)(H,29,35)(H,30,33). The fourth-order valence-electron chi connectivity index (χ4n) is 4.27. The van der Waals surface area contributed by atoms with Crippen LogP contribution in [0.5, 0.6) is 0 Å². The quantitative estimate of drug-likeness (QED) is 0.229. The lowest BCUT2D eigenvalue weighted by molar-refractivity contribution is -0.139. The van der Waals surface area contributed by atoms with Crippen LogP contribution < -0.4 is 21.3 Å². The number of amides is 4. The molecule has 0 aliphatic rings. The molecule has 204 valence electrons. The second kappa shape index (κ2) is 15.8. The summed E-state index contributed by atoms with van der Waals surface area (Å²) < 4.78 is 0. The van der Waals surface area contributed by atoms with Gasteiger partial charge in [0.2, 0.25) is 23.6 Å². The number of nitrogens with zero attached hydrogens (tertiary/aromatic N) is 1. The normalized spacial score (nSPS) is 15.6. The van der Waals surface area contributed by atoms with Gasteiger partial charge in [-0.25, -0.2) is 0 Å². The SMILES string of the molecule is CCC(C)(CC(C)(CC(C)C(=O)NC(C)C)C(=O)NCCCN(C)C)C(=O)NCCCC(=O)NC. The monoisotopic (exact) mass is 497 g/mol. The third-order valence-electron chi connectivity index (χ3n) is 6.50. The van der Waals surface area contributed by atoms with E-state index < -0.39 is 10.8 Å². The van der Waals surface area contributed by atoms with Crippen molar-refractivity contribution >= 4 is 23.6 Å². The summed E-state index contributed by atoms with van der Waals surface area (Å²) in [4.78, 5) is 52.8. The summed E-state index contributed by atoms with van der Waals surface area (Å²) in [6.07, 6.45) is 2.90. The van der Waals surface area contributed by atoms with Crippen LogP contribution in [0.3, 0.4) is 0 Å². The number of hydrogen-bond acceptors (Lipinski definition) is 5. The van der Waals surface area contributed by atoms with Gasteiger partial charge in [-0.1, -0.05) is 27.7 Å². The maximum Gasteiger partial charge on any atom is 0.225 e. The Hall–Kier alpha value is -2.16. The Morgan fingerprint density at radius 2 is 1.43 bits per heavy atom. The van der Waals surface area contributed by atoms with Gasteiger partial charge in [0.25, 0.3) is 0 Å². The fourth-order valence-corrected chi connectivity index (χ4v) is 4.27. The Bertz CT molecular complexity index is 697. The topological polar surface area (TPSA) is 120 Å². The van der Waals surface area contributed by atoms with E-state index in [1.54, 1.807) is 7.05 Å². The number of carbonyl (C=O) groups excluding carboxylic acids is 4. The molecule has 0 heterocycles. The van der Waals surface area contributed by atoms with Crippen LogP contribution in [0, 0.1) is 16.7 Å². The van der Waals surface area contributed by atoms with Gasteiger partial charge in [-0.15, -0.1) is 0 Å². The molecule has 0 aromatic carbocycles. The second-order valence-electron chi connectivity index (χ2n) is 10.9. The van der Waals surface area contributed by atoms with Gasteiger partial charge < -0.3 is 26.2 Å². The van der Waals surface area contributed by atoms with Gasteiger partial charge in [0.05, 0.1) is 0 Å². The van der Waals surface area contributed by atoms with Crippen molar-refractivity contribution in [3.05, 3.63) is 0 Å². The van der Waals surface area contributed by atoms with Crippen molar-refractivity contribution in [1.82, 2.24) is 26.2 Å². The molecule has 0 bridgehead atoms. The summed E-state index contributed by atoms with van der Waals surface area (Å²) in [6, 6.07) is 0.0116. The minimum atomic E-state index is -0.907. The van der Waals surface area contributed by atoms with E-state index in [9.17, 15) is 19.2 Å². The third-order valence-corrected chi connectivity index (χ3v) is 6.50. The highest BCUT2D eigenvalue weighted by atomic mass is 16.2. The molecular formula is C26H51N5O4. The lowest BCUT2D eigenvalue weighted by atomic mass is 9.67. The van der Waals surface area contributed by atoms with Crippen molar-refractivity contribution in [3.8, 4) is 0 Å². The molecule has 0 radical (unpaired) electrons. The maximum absolute atomic E-state index is 13.4. The van der Waals surface area contributed by atoms with Crippen LogP contribution in [0.1, 0.15) is 80.1 Å². The first-order valence-corrected chi connectivity index (χ1v) is 12.9. The highest BCUT2D eigenvalue weighted by Crippen LogP contribution is 2.41. The molecule has 9 heteroatoms. The second-order valence-corrected chi connectivity index (χ2v) is 10.9. The van der Waals surface area contributed by atoms with E-state index in [4.69, 9.17) is 0 Å². The van der Waals surface area contributed by atoms with Crippen molar-refractivity contribution < 1.29 is 19.2 Å². The number of nitrogens with one attached hydrogen (secondary N) is 4. The maximum atomic E-state index is 13.4. The molecule has 0 aromatic heterocycles. The fraction of sp³-hybridized carbons (Fsp3) is 0.846. The summed E-state index contributed by atoms with van der Waals surface area (Å²) in [5, 5.41) is 11.5. The van der Waals surface area contributed by atoms with Crippen molar-refractivity contribution in [1.29, 1.82) is 0 Å². The molecule has 0 aliphatic heterocycles. The summed E-state index contributed by atoms with van der Waals surface area (Å²) in [5.74, 6) is -0.810. The summed E-state index contributed by atoms with van der Waals surface area (Å²) in [6.45, 7) is 13.1. The van der Waals surface area contributed by atoms with E-state index in [1.807, 2.05) is 55.6 Å². The number of hydrogen-bond donors (Lipinski definition) is 4. The molecule has 9 nitrogen and oxygen atoms in total. The first-order valence-electron chi connectivity index (χ1n) is 12.9. The van der Waals surface area contributed by atoms with Crippen LogP contribution in [-0.2, 0) is 19.2 Å². The lowest BCUT2D eigenvalue weighted by Crippen LogP contribution is -2.49. The van der Waals surface area contributed by atoms with E-state index in [2.05, 4.69) is 26.2 Å². The number of rotatable bonds is 17. The molecule has 0 saturated heterocycles. The van der Waals surface area contributed by atoms with E-state index in [-0.39, 0.29) is 35.6 Å². The van der Waals surface area contributed by atoms with Gasteiger partial charge in [-0.05, 0) is 66.6 Å². The van der Waals surface area contributed by atoms with Crippen LogP contribution in [0.25, 0.3) is 0 Å². The zero-order valence-corrected chi connectivity index (χ0v) is 23.6. The van der Waals surface area contributed by atoms with Crippen molar-refractivity contribution in [2.75, 3.05) is 40.8 Å². The van der Waals surface area contributed by atoms with Crippen molar-refractivity contribution in [3.63, 3.8) is 0 Å².